The van der Waals surface area contributed by atoms with Crippen LogP contribution in [0.4, 0.5) is 0 Å². The summed E-state index contributed by atoms with van der Waals surface area (Å²) in [6.07, 6.45) is 12.3. The fourth-order valence-electron chi connectivity index (χ4n) is 2.26. The lowest BCUT2D eigenvalue weighted by Crippen LogP contribution is -2.23. The lowest BCUT2D eigenvalue weighted by Gasteiger charge is -2.17. The lowest BCUT2D eigenvalue weighted by molar-refractivity contribution is 0.254. The molecule has 0 fully saturated rings. The van der Waals surface area contributed by atoms with Crippen molar-refractivity contribution in [3.63, 3.8) is 0 Å². The number of ether oxygens (including phenoxy) is 1. The normalized spacial score (nSPS) is 23.3. The summed E-state index contributed by atoms with van der Waals surface area (Å²) in [7, 11) is 0. The van der Waals surface area contributed by atoms with E-state index in [1.807, 2.05) is 0 Å². The Morgan fingerprint density at radius 2 is 1.88 bits per heavy atom. The van der Waals surface area contributed by atoms with E-state index in [0.29, 0.717) is 0 Å². The molecule has 2 heteroatoms. The van der Waals surface area contributed by atoms with Crippen LogP contribution in [0, 0.1) is 0 Å². The van der Waals surface area contributed by atoms with E-state index in [9.17, 15) is 0 Å². The second-order valence-corrected chi connectivity index (χ2v) is 5.31. The van der Waals surface area contributed by atoms with Gasteiger partial charge >= 0.3 is 0 Å². The average Bonchev–Trinajstić information content (AvgIpc) is 2.70. The summed E-state index contributed by atoms with van der Waals surface area (Å²) < 4.78 is 5.46. The molecular formula is C15H27NO. The van der Waals surface area contributed by atoms with Crippen LogP contribution in [0.25, 0.3) is 0 Å². The van der Waals surface area contributed by atoms with Crippen LogP contribution >= 0.6 is 0 Å². The van der Waals surface area contributed by atoms with Crippen molar-refractivity contribution in [2.45, 2.75) is 70.8 Å². The van der Waals surface area contributed by atoms with Crippen molar-refractivity contribution in [1.29, 1.82) is 0 Å². The molecule has 0 radical (unpaired) electrons. The zero-order valence-electron chi connectivity index (χ0n) is 11.5. The Morgan fingerprint density at radius 3 is 2.47 bits per heavy atom. The second-order valence-electron chi connectivity index (χ2n) is 5.31. The van der Waals surface area contributed by atoms with E-state index in [-0.39, 0.29) is 5.54 Å². The molecule has 1 atom stereocenters. The predicted octanol–water partition coefficient (Wildman–Crippen LogP) is 4.50. The molecule has 0 aromatic carbocycles. The summed E-state index contributed by atoms with van der Waals surface area (Å²) >= 11 is 0. The van der Waals surface area contributed by atoms with Crippen molar-refractivity contribution in [2.75, 3.05) is 6.61 Å². The summed E-state index contributed by atoms with van der Waals surface area (Å²) in [5.74, 6) is 0.718. The van der Waals surface area contributed by atoms with E-state index in [1.54, 1.807) is 6.08 Å². The van der Waals surface area contributed by atoms with Gasteiger partial charge in [-0.05, 0) is 19.4 Å². The molecule has 17 heavy (non-hydrogen) atoms. The third-order valence-corrected chi connectivity index (χ3v) is 3.40. The van der Waals surface area contributed by atoms with E-state index in [4.69, 9.17) is 4.74 Å². The second kappa shape index (κ2) is 7.52. The lowest BCUT2D eigenvalue weighted by atomic mass is 9.96. The summed E-state index contributed by atoms with van der Waals surface area (Å²) in [5, 5.41) is 0. The van der Waals surface area contributed by atoms with E-state index >= 15 is 0 Å². The summed E-state index contributed by atoms with van der Waals surface area (Å²) in [6.45, 7) is 8.86. The van der Waals surface area contributed by atoms with Crippen LogP contribution in [0.2, 0.25) is 0 Å². The van der Waals surface area contributed by atoms with E-state index < -0.39 is 0 Å². The van der Waals surface area contributed by atoms with Gasteiger partial charge in [0.1, 0.15) is 6.61 Å². The maximum absolute atomic E-state index is 5.46. The van der Waals surface area contributed by atoms with Gasteiger partial charge in [-0.15, -0.1) is 0 Å². The SMILES string of the molecule is C=CC1=NC(C)(CCCCCCCCC)CO1. The monoisotopic (exact) mass is 237 g/mol. The third kappa shape index (κ3) is 5.38. The number of unbranched alkanes of at least 4 members (excludes halogenated alkanes) is 6. The van der Waals surface area contributed by atoms with Crippen molar-refractivity contribution >= 4 is 5.90 Å². The molecule has 0 aromatic heterocycles. The van der Waals surface area contributed by atoms with Crippen LogP contribution in [0.15, 0.2) is 17.6 Å². The quantitative estimate of drug-likeness (QED) is 0.541. The van der Waals surface area contributed by atoms with Crippen molar-refractivity contribution in [1.82, 2.24) is 0 Å². The number of aliphatic imine (C=N–C) groups is 1. The Kier molecular flexibility index (Phi) is 6.31. The standard InChI is InChI=1S/C15H27NO/c1-4-6-7-8-9-10-11-12-15(3)13-17-14(5-2)16-15/h5H,2,4,6-13H2,1,3H3. The highest BCUT2D eigenvalue weighted by Crippen LogP contribution is 2.25. The number of nitrogens with zero attached hydrogens (tertiary/aromatic N) is 1. The molecule has 2 nitrogen and oxygen atoms in total. The topological polar surface area (TPSA) is 21.6 Å². The Hall–Kier alpha value is -0.790. The van der Waals surface area contributed by atoms with Gasteiger partial charge in [-0.2, -0.15) is 0 Å². The van der Waals surface area contributed by atoms with Gasteiger partial charge in [0.2, 0.25) is 5.90 Å². The Morgan fingerprint density at radius 1 is 1.24 bits per heavy atom. The van der Waals surface area contributed by atoms with Gasteiger partial charge in [0.25, 0.3) is 0 Å². The van der Waals surface area contributed by atoms with Gasteiger partial charge in [-0.3, -0.25) is 0 Å². The molecule has 98 valence electrons. The van der Waals surface area contributed by atoms with E-state index in [0.717, 1.165) is 18.9 Å². The Labute approximate surface area is 106 Å². The average molecular weight is 237 g/mol. The molecule has 1 unspecified atom stereocenters. The van der Waals surface area contributed by atoms with Gasteiger partial charge in [0.15, 0.2) is 0 Å². The summed E-state index contributed by atoms with van der Waals surface area (Å²) in [4.78, 5) is 4.56. The molecule has 1 aliphatic rings. The number of hydrogen-bond donors (Lipinski definition) is 0. The molecule has 0 amide bonds. The van der Waals surface area contributed by atoms with Gasteiger partial charge in [-0.25, -0.2) is 4.99 Å². The number of rotatable bonds is 9. The summed E-state index contributed by atoms with van der Waals surface area (Å²) in [6, 6.07) is 0. The van der Waals surface area contributed by atoms with E-state index in [2.05, 4.69) is 25.4 Å². The molecule has 0 aromatic rings. The maximum Gasteiger partial charge on any atom is 0.208 e. The van der Waals surface area contributed by atoms with Crippen LogP contribution in [-0.4, -0.2) is 18.0 Å². The number of hydrogen-bond acceptors (Lipinski definition) is 2. The molecule has 0 spiro atoms. The molecule has 0 saturated heterocycles. The van der Waals surface area contributed by atoms with Crippen LogP contribution in [0.3, 0.4) is 0 Å². The van der Waals surface area contributed by atoms with E-state index in [1.165, 1.54) is 44.9 Å². The largest absolute Gasteiger partial charge is 0.475 e. The fourth-order valence-corrected chi connectivity index (χ4v) is 2.26. The highest BCUT2D eigenvalue weighted by atomic mass is 16.5. The maximum atomic E-state index is 5.46. The van der Waals surface area contributed by atoms with Gasteiger partial charge < -0.3 is 4.74 Å². The molecule has 1 aliphatic heterocycles. The first-order chi connectivity index (χ1) is 8.20. The molecule has 0 N–H and O–H groups in total. The minimum absolute atomic E-state index is 0.00689. The molecule has 0 bridgehead atoms. The zero-order valence-corrected chi connectivity index (χ0v) is 11.5. The third-order valence-electron chi connectivity index (χ3n) is 3.40. The minimum Gasteiger partial charge on any atom is -0.475 e. The van der Waals surface area contributed by atoms with Crippen LogP contribution in [0.1, 0.15) is 65.2 Å². The van der Waals surface area contributed by atoms with Crippen molar-refractivity contribution < 1.29 is 4.74 Å². The van der Waals surface area contributed by atoms with Gasteiger partial charge in [-0.1, -0.05) is 58.4 Å². The summed E-state index contributed by atoms with van der Waals surface area (Å²) in [5.41, 5.74) is 0.00689. The van der Waals surface area contributed by atoms with Crippen molar-refractivity contribution in [3.05, 3.63) is 12.7 Å². The molecule has 0 saturated carbocycles. The van der Waals surface area contributed by atoms with Gasteiger partial charge in [0, 0.05) is 0 Å². The smallest absolute Gasteiger partial charge is 0.208 e. The first-order valence-corrected chi connectivity index (χ1v) is 7.05. The first kappa shape index (κ1) is 14.3. The minimum atomic E-state index is 0.00689. The Bertz CT molecular complexity index is 260. The van der Waals surface area contributed by atoms with Crippen LogP contribution in [-0.2, 0) is 4.74 Å². The highest BCUT2D eigenvalue weighted by Gasteiger charge is 2.29. The zero-order chi connectivity index (χ0) is 12.6. The molecule has 1 heterocycles. The molecule has 0 aliphatic carbocycles. The molecular weight excluding hydrogens is 210 g/mol. The first-order valence-electron chi connectivity index (χ1n) is 7.05. The van der Waals surface area contributed by atoms with Crippen molar-refractivity contribution in [2.24, 2.45) is 4.99 Å². The Balaban J connectivity index is 2.06. The fraction of sp³-hybridized carbons (Fsp3) is 0.800. The molecule has 1 rings (SSSR count). The highest BCUT2D eigenvalue weighted by molar-refractivity contribution is 5.88. The predicted molar refractivity (Wildman–Crippen MR) is 74.6 cm³/mol. The van der Waals surface area contributed by atoms with Crippen LogP contribution in [0.5, 0.6) is 0 Å². The van der Waals surface area contributed by atoms with Gasteiger partial charge in [0.05, 0.1) is 5.54 Å². The van der Waals surface area contributed by atoms with Crippen LogP contribution < -0.4 is 0 Å². The van der Waals surface area contributed by atoms with Crippen molar-refractivity contribution in [3.8, 4) is 0 Å².